The summed E-state index contributed by atoms with van der Waals surface area (Å²) in [6.45, 7) is 4.83. The Hall–Kier alpha value is -2.79. The van der Waals surface area contributed by atoms with Crippen LogP contribution in [0.2, 0.25) is 0 Å². The normalized spacial score (nSPS) is 16.7. The molecular formula is C18H22N6O4S. The van der Waals surface area contributed by atoms with Crippen LogP contribution in [0.5, 0.6) is 0 Å². The molecule has 0 saturated carbocycles. The van der Waals surface area contributed by atoms with Gasteiger partial charge in [0, 0.05) is 25.0 Å². The zero-order chi connectivity index (χ0) is 20.8. The van der Waals surface area contributed by atoms with Crippen molar-refractivity contribution >= 4 is 20.9 Å². The molecule has 0 atom stereocenters. The van der Waals surface area contributed by atoms with E-state index in [4.69, 9.17) is 0 Å². The van der Waals surface area contributed by atoms with E-state index in [9.17, 15) is 18.0 Å². The Kier molecular flexibility index (Phi) is 4.87. The molecule has 29 heavy (non-hydrogen) atoms. The summed E-state index contributed by atoms with van der Waals surface area (Å²) in [7, 11) is -3.75. The smallest absolute Gasteiger partial charge is 0.315 e. The van der Waals surface area contributed by atoms with Crippen molar-refractivity contribution in [1.82, 2.24) is 29.0 Å². The number of hydrogen-bond acceptors (Lipinski definition) is 6. The highest BCUT2D eigenvalue weighted by molar-refractivity contribution is 7.89. The molecule has 1 fully saturated rings. The fourth-order valence-electron chi connectivity index (χ4n) is 3.75. The minimum Gasteiger partial charge on any atom is -0.315 e. The summed E-state index contributed by atoms with van der Waals surface area (Å²) in [6, 6.07) is 4.40. The highest BCUT2D eigenvalue weighted by Gasteiger charge is 2.32. The van der Waals surface area contributed by atoms with Crippen LogP contribution in [-0.4, -0.2) is 50.5 Å². The fourth-order valence-corrected chi connectivity index (χ4v) is 5.25. The summed E-state index contributed by atoms with van der Waals surface area (Å²) in [4.78, 5) is 28.0. The molecule has 1 saturated heterocycles. The number of fused-ring (bicyclic) bond motifs is 1. The van der Waals surface area contributed by atoms with Crippen molar-refractivity contribution in [2.75, 3.05) is 13.1 Å². The number of H-pyrrole nitrogens is 2. The molecule has 1 aliphatic heterocycles. The van der Waals surface area contributed by atoms with Crippen LogP contribution in [-0.2, 0) is 10.0 Å². The monoisotopic (exact) mass is 418 g/mol. The van der Waals surface area contributed by atoms with Crippen LogP contribution in [0.4, 0.5) is 0 Å². The third kappa shape index (κ3) is 3.51. The van der Waals surface area contributed by atoms with Crippen molar-refractivity contribution in [1.29, 1.82) is 0 Å². The molecule has 3 aromatic rings. The first kappa shape index (κ1) is 19.5. The van der Waals surface area contributed by atoms with Gasteiger partial charge in [0.15, 0.2) is 0 Å². The van der Waals surface area contributed by atoms with Crippen molar-refractivity contribution in [3.05, 3.63) is 51.2 Å². The number of benzene rings is 1. The van der Waals surface area contributed by atoms with Gasteiger partial charge >= 0.3 is 5.69 Å². The van der Waals surface area contributed by atoms with Crippen LogP contribution >= 0.6 is 0 Å². The highest BCUT2D eigenvalue weighted by atomic mass is 32.2. The molecule has 2 aromatic heterocycles. The Labute approximate surface area is 166 Å². The quantitative estimate of drug-likeness (QED) is 0.648. The minimum atomic E-state index is -3.75. The van der Waals surface area contributed by atoms with E-state index in [0.717, 1.165) is 5.82 Å². The molecule has 4 rings (SSSR count). The van der Waals surface area contributed by atoms with Gasteiger partial charge in [-0.2, -0.15) is 4.31 Å². The molecule has 0 spiro atoms. The molecule has 0 unspecified atom stereocenters. The summed E-state index contributed by atoms with van der Waals surface area (Å²) >= 11 is 0. The maximum absolute atomic E-state index is 13.1. The first-order chi connectivity index (χ1) is 13.8. The molecule has 0 bridgehead atoms. The summed E-state index contributed by atoms with van der Waals surface area (Å²) in [5.74, 6) is 1.04. The van der Waals surface area contributed by atoms with Crippen molar-refractivity contribution in [2.24, 2.45) is 0 Å². The number of sulfonamides is 1. The number of piperidine rings is 1. The molecule has 1 aromatic carbocycles. The Bertz CT molecular complexity index is 1270. The third-order valence-electron chi connectivity index (χ3n) is 5.32. The number of hydrogen-bond donors (Lipinski definition) is 2. The van der Waals surface area contributed by atoms with E-state index in [1.54, 1.807) is 6.33 Å². The van der Waals surface area contributed by atoms with Gasteiger partial charge in [-0.25, -0.2) is 13.2 Å². The number of rotatable bonds is 4. The Morgan fingerprint density at radius 1 is 1.14 bits per heavy atom. The van der Waals surface area contributed by atoms with Crippen LogP contribution in [0.25, 0.3) is 10.9 Å². The van der Waals surface area contributed by atoms with Crippen LogP contribution < -0.4 is 11.2 Å². The average molecular weight is 418 g/mol. The van der Waals surface area contributed by atoms with Crippen molar-refractivity contribution in [3.8, 4) is 0 Å². The van der Waals surface area contributed by atoms with Gasteiger partial charge in [0.1, 0.15) is 12.2 Å². The topological polar surface area (TPSA) is 134 Å². The second-order valence-electron chi connectivity index (χ2n) is 7.48. The second-order valence-corrected chi connectivity index (χ2v) is 9.42. The van der Waals surface area contributed by atoms with Crippen LogP contribution in [0.3, 0.4) is 0 Å². The molecule has 2 N–H and O–H groups in total. The zero-order valence-electron chi connectivity index (χ0n) is 16.1. The molecule has 1 aliphatic rings. The van der Waals surface area contributed by atoms with E-state index in [-0.39, 0.29) is 22.2 Å². The predicted octanol–water partition coefficient (Wildman–Crippen LogP) is 0.957. The number of aromatic amines is 2. The predicted molar refractivity (Wildman–Crippen MR) is 106 cm³/mol. The number of nitrogens with zero attached hydrogens (tertiary/aromatic N) is 4. The lowest BCUT2D eigenvalue weighted by molar-refractivity contribution is 0.307. The van der Waals surface area contributed by atoms with Gasteiger partial charge in [0.25, 0.3) is 5.56 Å². The lowest BCUT2D eigenvalue weighted by atomic mass is 9.97. The Balaban J connectivity index is 1.58. The molecular weight excluding hydrogens is 396 g/mol. The van der Waals surface area contributed by atoms with E-state index in [2.05, 4.69) is 34.0 Å². The molecule has 0 amide bonds. The maximum Gasteiger partial charge on any atom is 0.326 e. The van der Waals surface area contributed by atoms with Gasteiger partial charge in [-0.05, 0) is 44.9 Å². The van der Waals surface area contributed by atoms with Gasteiger partial charge in [0.2, 0.25) is 10.0 Å². The van der Waals surface area contributed by atoms with E-state index < -0.39 is 21.3 Å². The van der Waals surface area contributed by atoms with Crippen LogP contribution in [0.15, 0.2) is 39.0 Å². The molecule has 0 aliphatic carbocycles. The molecule has 3 heterocycles. The van der Waals surface area contributed by atoms with Gasteiger partial charge in [-0.15, -0.1) is 10.2 Å². The standard InChI is InChI=1S/C18H22N6O4S/c1-11(2)24-10-19-22-16(24)12-5-7-23(8-6-12)29(27,28)13-3-4-15-14(9-13)17(25)21-18(26)20-15/h3-4,9-12H,5-8H2,1-2H3,(H2,20,21,25,26). The summed E-state index contributed by atoms with van der Waals surface area (Å²) in [5.41, 5.74) is -0.952. The highest BCUT2D eigenvalue weighted by Crippen LogP contribution is 2.31. The first-order valence-electron chi connectivity index (χ1n) is 9.43. The molecule has 154 valence electrons. The maximum atomic E-state index is 13.1. The van der Waals surface area contributed by atoms with Crippen molar-refractivity contribution in [2.45, 2.75) is 43.5 Å². The SMILES string of the molecule is CC(C)n1cnnc1C1CCN(S(=O)(=O)c2ccc3[nH]c(=O)[nH]c(=O)c3c2)CC1. The third-order valence-corrected chi connectivity index (χ3v) is 7.22. The van der Waals surface area contributed by atoms with Gasteiger partial charge < -0.3 is 9.55 Å². The fraction of sp³-hybridized carbons (Fsp3) is 0.444. The zero-order valence-corrected chi connectivity index (χ0v) is 16.9. The van der Waals surface area contributed by atoms with E-state index in [1.807, 2.05) is 4.57 Å². The Morgan fingerprint density at radius 2 is 1.86 bits per heavy atom. The summed E-state index contributed by atoms with van der Waals surface area (Å²) in [5, 5.41) is 8.37. The largest absolute Gasteiger partial charge is 0.326 e. The second kappa shape index (κ2) is 7.23. The Morgan fingerprint density at radius 3 is 2.55 bits per heavy atom. The lowest BCUT2D eigenvalue weighted by Gasteiger charge is -2.31. The van der Waals surface area contributed by atoms with E-state index >= 15 is 0 Å². The van der Waals surface area contributed by atoms with Gasteiger partial charge in [-0.3, -0.25) is 9.78 Å². The van der Waals surface area contributed by atoms with Crippen LogP contribution in [0, 0.1) is 0 Å². The van der Waals surface area contributed by atoms with Gasteiger partial charge in [-0.1, -0.05) is 0 Å². The molecule has 0 radical (unpaired) electrons. The average Bonchev–Trinajstić information content (AvgIpc) is 3.18. The number of aromatic nitrogens is 5. The van der Waals surface area contributed by atoms with E-state index in [1.165, 1.54) is 22.5 Å². The van der Waals surface area contributed by atoms with Crippen molar-refractivity contribution < 1.29 is 8.42 Å². The van der Waals surface area contributed by atoms with Crippen LogP contribution in [0.1, 0.15) is 44.5 Å². The van der Waals surface area contributed by atoms with Gasteiger partial charge in [0.05, 0.1) is 15.8 Å². The van der Waals surface area contributed by atoms with Crippen molar-refractivity contribution in [3.63, 3.8) is 0 Å². The molecule has 11 heteroatoms. The van der Waals surface area contributed by atoms with E-state index in [0.29, 0.717) is 31.4 Å². The lowest BCUT2D eigenvalue weighted by Crippen LogP contribution is -2.38. The molecule has 10 nitrogen and oxygen atoms in total. The summed E-state index contributed by atoms with van der Waals surface area (Å²) in [6.07, 6.45) is 3.00. The first-order valence-corrected chi connectivity index (χ1v) is 10.9. The minimum absolute atomic E-state index is 0.0337. The number of nitrogens with one attached hydrogen (secondary N) is 2. The summed E-state index contributed by atoms with van der Waals surface area (Å²) < 4.78 is 29.6.